The molecule has 0 fully saturated rings. The lowest BCUT2D eigenvalue weighted by Gasteiger charge is -1.87. The Balaban J connectivity index is 2.78. The molecule has 2 rings (SSSR count). The molecular weight excluding hydrogens is 186 g/mol. The van der Waals surface area contributed by atoms with Gasteiger partial charge in [-0.15, -0.1) is 11.3 Å². The van der Waals surface area contributed by atoms with Crippen LogP contribution in [0.5, 0.6) is 0 Å². The van der Waals surface area contributed by atoms with Gasteiger partial charge in [-0.2, -0.15) is 4.99 Å². The number of thiophene rings is 1. The molecule has 0 spiro atoms. The smallest absolute Gasteiger partial charge is 0.0925 e. The summed E-state index contributed by atoms with van der Waals surface area (Å²) in [6.07, 6.45) is 0. The lowest BCUT2D eigenvalue weighted by atomic mass is 10.2. The van der Waals surface area contributed by atoms with Crippen LogP contribution >= 0.6 is 23.6 Å². The highest BCUT2D eigenvalue weighted by Gasteiger charge is 1.99. The molecule has 0 radical (unpaired) electrons. The first kappa shape index (κ1) is 7.62. The van der Waals surface area contributed by atoms with Gasteiger partial charge in [0.25, 0.3) is 0 Å². The molecule has 0 saturated carbocycles. The van der Waals surface area contributed by atoms with Crippen LogP contribution in [0, 0.1) is 0 Å². The van der Waals surface area contributed by atoms with Crippen molar-refractivity contribution in [1.82, 2.24) is 0 Å². The number of hydrogen-bond acceptors (Lipinski definition) is 3. The van der Waals surface area contributed by atoms with Crippen molar-refractivity contribution in [3.8, 4) is 0 Å². The van der Waals surface area contributed by atoms with Gasteiger partial charge >= 0.3 is 0 Å². The Hall–Kier alpha value is -1.02. The molecule has 1 aromatic heterocycles. The van der Waals surface area contributed by atoms with Gasteiger partial charge in [0.15, 0.2) is 0 Å². The summed E-state index contributed by atoms with van der Waals surface area (Å²) in [5, 5.41) is 5.52. The van der Waals surface area contributed by atoms with Crippen LogP contribution in [0.15, 0.2) is 34.6 Å². The maximum absolute atomic E-state index is 4.55. The van der Waals surface area contributed by atoms with E-state index in [9.17, 15) is 0 Å². The van der Waals surface area contributed by atoms with E-state index in [1.165, 1.54) is 4.70 Å². The molecule has 12 heavy (non-hydrogen) atoms. The second-order valence-corrected chi connectivity index (χ2v) is 3.41. The highest BCUT2D eigenvalue weighted by molar-refractivity contribution is 7.78. The molecule has 0 aliphatic carbocycles. The van der Waals surface area contributed by atoms with E-state index < -0.39 is 0 Å². The van der Waals surface area contributed by atoms with Crippen LogP contribution in [0.2, 0.25) is 0 Å². The quantitative estimate of drug-likeness (QED) is 0.495. The number of aliphatic imine (C=N–C) groups is 1. The van der Waals surface area contributed by atoms with Crippen LogP contribution in [0.25, 0.3) is 10.1 Å². The van der Waals surface area contributed by atoms with E-state index in [1.54, 1.807) is 11.3 Å². The first-order valence-corrected chi connectivity index (χ1v) is 4.75. The summed E-state index contributed by atoms with van der Waals surface area (Å²) in [6, 6.07) is 8.13. The van der Waals surface area contributed by atoms with Crippen LogP contribution in [-0.4, -0.2) is 5.16 Å². The molecule has 1 heterocycles. The third-order valence-electron chi connectivity index (χ3n) is 1.63. The standard InChI is InChI=1S/C9H5NS2/c11-6-10-8-5-12-9-4-2-1-3-7(8)9/h1-5H. The minimum atomic E-state index is 0.922. The zero-order chi connectivity index (χ0) is 8.39. The summed E-state index contributed by atoms with van der Waals surface area (Å²) in [5.74, 6) is 0. The van der Waals surface area contributed by atoms with E-state index in [0.717, 1.165) is 11.1 Å². The summed E-state index contributed by atoms with van der Waals surface area (Å²) in [4.78, 5) is 3.97. The summed E-state index contributed by atoms with van der Waals surface area (Å²) < 4.78 is 1.24. The van der Waals surface area contributed by atoms with E-state index in [4.69, 9.17) is 0 Å². The predicted molar refractivity (Wildman–Crippen MR) is 56.5 cm³/mol. The Morgan fingerprint density at radius 3 is 3.00 bits per heavy atom. The van der Waals surface area contributed by atoms with Gasteiger partial charge in [0.05, 0.1) is 10.8 Å². The lowest BCUT2D eigenvalue weighted by Crippen LogP contribution is -1.60. The van der Waals surface area contributed by atoms with Crippen molar-refractivity contribution >= 4 is 44.5 Å². The Bertz CT molecular complexity index is 452. The minimum Gasteiger partial charge on any atom is -0.193 e. The summed E-state index contributed by atoms with van der Waals surface area (Å²) in [5.41, 5.74) is 0.922. The molecule has 2 aromatic rings. The molecule has 0 amide bonds. The molecule has 1 nitrogen and oxygen atoms in total. The molecule has 3 heteroatoms. The second kappa shape index (κ2) is 3.15. The van der Waals surface area contributed by atoms with E-state index >= 15 is 0 Å². The number of nitrogens with zero attached hydrogens (tertiary/aromatic N) is 1. The van der Waals surface area contributed by atoms with Crippen molar-refractivity contribution in [2.45, 2.75) is 0 Å². The van der Waals surface area contributed by atoms with Gasteiger partial charge in [-0.05, 0) is 18.3 Å². The maximum atomic E-state index is 4.55. The van der Waals surface area contributed by atoms with Gasteiger partial charge in [-0.3, -0.25) is 0 Å². The van der Waals surface area contributed by atoms with Crippen LogP contribution in [-0.2, 0) is 0 Å². The molecule has 0 aliphatic rings. The normalized spacial score (nSPS) is 9.67. The van der Waals surface area contributed by atoms with Crippen molar-refractivity contribution in [1.29, 1.82) is 0 Å². The van der Waals surface area contributed by atoms with E-state index in [-0.39, 0.29) is 0 Å². The third kappa shape index (κ3) is 1.18. The van der Waals surface area contributed by atoms with Gasteiger partial charge in [0.1, 0.15) is 0 Å². The zero-order valence-corrected chi connectivity index (χ0v) is 7.78. The average Bonchev–Trinajstić information content (AvgIpc) is 2.50. The maximum Gasteiger partial charge on any atom is 0.0925 e. The monoisotopic (exact) mass is 191 g/mol. The van der Waals surface area contributed by atoms with Crippen molar-refractivity contribution in [3.05, 3.63) is 29.6 Å². The fourth-order valence-corrected chi connectivity index (χ4v) is 2.07. The zero-order valence-electron chi connectivity index (χ0n) is 6.15. The fourth-order valence-electron chi connectivity index (χ4n) is 1.10. The summed E-state index contributed by atoms with van der Waals surface area (Å²) in [7, 11) is 0. The van der Waals surface area contributed by atoms with E-state index in [2.05, 4.69) is 28.4 Å². The van der Waals surface area contributed by atoms with Crippen molar-refractivity contribution in [2.24, 2.45) is 4.99 Å². The number of benzene rings is 1. The Morgan fingerprint density at radius 1 is 1.33 bits per heavy atom. The number of rotatable bonds is 1. The van der Waals surface area contributed by atoms with Crippen LogP contribution in [0.4, 0.5) is 5.69 Å². The second-order valence-electron chi connectivity index (χ2n) is 2.32. The number of fused-ring (bicyclic) bond motifs is 1. The topological polar surface area (TPSA) is 12.4 Å². The van der Waals surface area contributed by atoms with Gasteiger partial charge in [0, 0.05) is 15.5 Å². The Morgan fingerprint density at radius 2 is 2.17 bits per heavy atom. The largest absolute Gasteiger partial charge is 0.193 e. The van der Waals surface area contributed by atoms with E-state index in [1.807, 2.05) is 23.6 Å². The van der Waals surface area contributed by atoms with Crippen molar-refractivity contribution in [3.63, 3.8) is 0 Å². The minimum absolute atomic E-state index is 0.922. The number of hydrogen-bond donors (Lipinski definition) is 0. The predicted octanol–water partition coefficient (Wildman–Crippen LogP) is 3.64. The van der Waals surface area contributed by atoms with E-state index in [0.29, 0.717) is 0 Å². The number of thiocarbonyl (C=S) groups is 1. The molecule has 0 aliphatic heterocycles. The summed E-state index contributed by atoms with van der Waals surface area (Å²) >= 11 is 6.22. The van der Waals surface area contributed by atoms with Crippen LogP contribution < -0.4 is 0 Å². The highest BCUT2D eigenvalue weighted by Crippen LogP contribution is 2.31. The van der Waals surface area contributed by atoms with Gasteiger partial charge in [0.2, 0.25) is 0 Å². The molecule has 0 N–H and O–H groups in total. The third-order valence-corrected chi connectivity index (χ3v) is 2.67. The molecule has 0 atom stereocenters. The van der Waals surface area contributed by atoms with Gasteiger partial charge in [-0.25, -0.2) is 0 Å². The number of isothiocyanates is 1. The first-order chi connectivity index (χ1) is 5.92. The fraction of sp³-hybridized carbons (Fsp3) is 0. The molecule has 0 saturated heterocycles. The average molecular weight is 191 g/mol. The van der Waals surface area contributed by atoms with Crippen molar-refractivity contribution < 1.29 is 0 Å². The molecule has 0 unspecified atom stereocenters. The Labute approximate surface area is 79.4 Å². The van der Waals surface area contributed by atoms with Crippen molar-refractivity contribution in [2.75, 3.05) is 0 Å². The lowest BCUT2D eigenvalue weighted by molar-refractivity contribution is 1.66. The van der Waals surface area contributed by atoms with Crippen LogP contribution in [0.3, 0.4) is 0 Å². The van der Waals surface area contributed by atoms with Gasteiger partial charge in [-0.1, -0.05) is 18.2 Å². The molecule has 0 bridgehead atoms. The Kier molecular flexibility index (Phi) is 2.00. The van der Waals surface area contributed by atoms with Crippen LogP contribution in [0.1, 0.15) is 0 Å². The first-order valence-electron chi connectivity index (χ1n) is 3.46. The summed E-state index contributed by atoms with van der Waals surface area (Å²) in [6.45, 7) is 0. The molecule has 1 aromatic carbocycles. The molecular formula is C9H5NS2. The molecule has 58 valence electrons. The highest BCUT2D eigenvalue weighted by atomic mass is 32.1. The van der Waals surface area contributed by atoms with Gasteiger partial charge < -0.3 is 0 Å². The SMILES string of the molecule is S=C=Nc1csc2ccccc12.